The van der Waals surface area contributed by atoms with Crippen LogP contribution in [0, 0.1) is 5.92 Å². The summed E-state index contributed by atoms with van der Waals surface area (Å²) < 4.78 is 15.9. The van der Waals surface area contributed by atoms with E-state index in [0.717, 1.165) is 24.8 Å². The Hall–Kier alpha value is -1.17. The van der Waals surface area contributed by atoms with Gasteiger partial charge in [0.1, 0.15) is 5.75 Å². The zero-order valence-corrected chi connectivity index (χ0v) is 13.5. The van der Waals surface area contributed by atoms with E-state index >= 15 is 0 Å². The molecule has 21 heavy (non-hydrogen) atoms. The zero-order chi connectivity index (χ0) is 14.7. The molecular weight excluding hydrogens is 294 g/mol. The average Bonchev–Trinajstić information content (AvgIpc) is 2.42. The van der Waals surface area contributed by atoms with Gasteiger partial charge in [0.05, 0.1) is 33.5 Å². The van der Waals surface area contributed by atoms with E-state index in [1.54, 1.807) is 33.5 Å². The molecule has 0 aliphatic heterocycles. The Morgan fingerprint density at radius 2 is 1.57 bits per heavy atom. The molecule has 2 atom stereocenters. The smallest absolute Gasteiger partial charge is 0.164 e. The molecule has 1 aliphatic rings. The Morgan fingerprint density at radius 1 is 1.05 bits per heavy atom. The van der Waals surface area contributed by atoms with Crippen molar-refractivity contribution in [2.75, 3.05) is 21.3 Å². The first-order chi connectivity index (χ1) is 9.62. The summed E-state index contributed by atoms with van der Waals surface area (Å²) >= 11 is 0. The molecule has 0 bridgehead atoms. The quantitative estimate of drug-likeness (QED) is 0.842. The summed E-state index contributed by atoms with van der Waals surface area (Å²) in [5, 5.41) is 10.3. The molecule has 0 aromatic heterocycles. The largest absolute Gasteiger partial charge is 0.496 e. The maximum absolute atomic E-state index is 10.3. The summed E-state index contributed by atoms with van der Waals surface area (Å²) in [5.41, 5.74) is 6.95. The number of hydrogen-bond acceptors (Lipinski definition) is 5. The molecule has 1 aromatic carbocycles. The fourth-order valence-electron chi connectivity index (χ4n) is 2.57. The fourth-order valence-corrected chi connectivity index (χ4v) is 2.57. The summed E-state index contributed by atoms with van der Waals surface area (Å²) in [6.07, 6.45) is 2.67. The van der Waals surface area contributed by atoms with E-state index < -0.39 is 12.1 Å². The third kappa shape index (κ3) is 3.54. The molecule has 0 radical (unpaired) electrons. The van der Waals surface area contributed by atoms with E-state index in [0.29, 0.717) is 17.2 Å². The Bertz CT molecular complexity index is 465. The third-order valence-corrected chi connectivity index (χ3v) is 4.10. The minimum absolute atomic E-state index is 0. The number of methoxy groups -OCH3 is 3. The van der Waals surface area contributed by atoms with Crippen LogP contribution >= 0.6 is 12.4 Å². The highest BCUT2D eigenvalue weighted by molar-refractivity contribution is 5.85. The summed E-state index contributed by atoms with van der Waals surface area (Å²) in [6.45, 7) is 0. The van der Waals surface area contributed by atoms with Crippen LogP contribution in [0.15, 0.2) is 12.1 Å². The minimum Gasteiger partial charge on any atom is -0.496 e. The Morgan fingerprint density at radius 3 is 2.00 bits per heavy atom. The van der Waals surface area contributed by atoms with Crippen LogP contribution in [0.1, 0.15) is 30.9 Å². The van der Waals surface area contributed by atoms with Crippen molar-refractivity contribution in [2.24, 2.45) is 11.7 Å². The molecule has 0 spiro atoms. The molecule has 0 amide bonds. The fraction of sp³-hybridized carbons (Fsp3) is 0.600. The molecular formula is C15H24ClNO4. The number of benzene rings is 1. The van der Waals surface area contributed by atoms with Gasteiger partial charge in [0.15, 0.2) is 11.5 Å². The maximum atomic E-state index is 10.3. The Labute approximate surface area is 131 Å². The first-order valence-corrected chi connectivity index (χ1v) is 6.86. The lowest BCUT2D eigenvalue weighted by Gasteiger charge is -2.34. The van der Waals surface area contributed by atoms with Gasteiger partial charge in [-0.15, -0.1) is 12.4 Å². The van der Waals surface area contributed by atoms with Crippen molar-refractivity contribution in [3.8, 4) is 17.2 Å². The molecule has 1 aliphatic carbocycles. The van der Waals surface area contributed by atoms with Crippen molar-refractivity contribution in [3.63, 3.8) is 0 Å². The second kappa shape index (κ2) is 7.73. The van der Waals surface area contributed by atoms with Gasteiger partial charge in [-0.05, 0) is 24.8 Å². The lowest BCUT2D eigenvalue weighted by molar-refractivity contribution is 0.0407. The van der Waals surface area contributed by atoms with Gasteiger partial charge in [0.2, 0.25) is 0 Å². The number of hydrogen-bond donors (Lipinski definition) is 2. The van der Waals surface area contributed by atoms with Gasteiger partial charge in [-0.2, -0.15) is 0 Å². The molecule has 1 saturated carbocycles. The summed E-state index contributed by atoms with van der Waals surface area (Å²) in [7, 11) is 4.72. The van der Waals surface area contributed by atoms with Crippen LogP contribution < -0.4 is 19.9 Å². The molecule has 1 fully saturated rings. The van der Waals surface area contributed by atoms with Gasteiger partial charge < -0.3 is 25.1 Å². The molecule has 5 nitrogen and oxygen atoms in total. The van der Waals surface area contributed by atoms with Gasteiger partial charge >= 0.3 is 0 Å². The maximum Gasteiger partial charge on any atom is 0.164 e. The molecule has 0 unspecified atom stereocenters. The molecule has 3 N–H and O–H groups in total. The van der Waals surface area contributed by atoms with Gasteiger partial charge in [-0.3, -0.25) is 0 Å². The first-order valence-electron chi connectivity index (χ1n) is 6.86. The van der Waals surface area contributed by atoms with E-state index in [9.17, 15) is 5.11 Å². The average molecular weight is 318 g/mol. The van der Waals surface area contributed by atoms with Crippen molar-refractivity contribution < 1.29 is 19.3 Å². The van der Waals surface area contributed by atoms with E-state index in [-0.39, 0.29) is 18.3 Å². The molecule has 0 heterocycles. The second-order valence-electron chi connectivity index (χ2n) is 5.16. The lowest BCUT2D eigenvalue weighted by Crippen LogP contribution is -2.36. The molecule has 0 saturated heterocycles. The number of aliphatic hydroxyl groups is 1. The van der Waals surface area contributed by atoms with Crippen molar-refractivity contribution in [3.05, 3.63) is 17.7 Å². The van der Waals surface area contributed by atoms with Crippen LogP contribution in [0.25, 0.3) is 0 Å². The molecule has 120 valence electrons. The summed E-state index contributed by atoms with van der Waals surface area (Å²) in [6, 6.07) is 3.03. The number of ether oxygens (including phenoxy) is 3. The highest BCUT2D eigenvalue weighted by Gasteiger charge is 2.32. The number of rotatable bonds is 6. The van der Waals surface area contributed by atoms with Crippen molar-refractivity contribution >= 4 is 12.4 Å². The van der Waals surface area contributed by atoms with Crippen LogP contribution in [0.4, 0.5) is 0 Å². The van der Waals surface area contributed by atoms with Gasteiger partial charge in [0.25, 0.3) is 0 Å². The van der Waals surface area contributed by atoms with E-state index in [1.165, 1.54) is 0 Å². The minimum atomic E-state index is -0.559. The van der Waals surface area contributed by atoms with Crippen LogP contribution in [-0.2, 0) is 0 Å². The van der Waals surface area contributed by atoms with Crippen LogP contribution in [0.3, 0.4) is 0 Å². The van der Waals surface area contributed by atoms with Gasteiger partial charge in [0, 0.05) is 11.6 Å². The summed E-state index contributed by atoms with van der Waals surface area (Å²) in [4.78, 5) is 0. The molecule has 2 rings (SSSR count). The summed E-state index contributed by atoms with van der Waals surface area (Å²) in [5.74, 6) is 2.05. The van der Waals surface area contributed by atoms with Gasteiger partial charge in [-0.25, -0.2) is 0 Å². The van der Waals surface area contributed by atoms with Crippen LogP contribution in [0.2, 0.25) is 0 Å². The highest BCUT2D eigenvalue weighted by Crippen LogP contribution is 2.41. The van der Waals surface area contributed by atoms with E-state index in [4.69, 9.17) is 19.9 Å². The van der Waals surface area contributed by atoms with E-state index in [2.05, 4.69) is 0 Å². The van der Waals surface area contributed by atoms with Crippen LogP contribution in [0.5, 0.6) is 17.2 Å². The highest BCUT2D eigenvalue weighted by atomic mass is 35.5. The zero-order valence-electron chi connectivity index (χ0n) is 12.7. The van der Waals surface area contributed by atoms with Crippen molar-refractivity contribution in [2.45, 2.75) is 31.4 Å². The molecule has 6 heteroatoms. The van der Waals surface area contributed by atoms with E-state index in [1.807, 2.05) is 0 Å². The normalized spacial score (nSPS) is 17.2. The predicted molar refractivity (Wildman–Crippen MR) is 83.6 cm³/mol. The number of halogens is 1. The lowest BCUT2D eigenvalue weighted by atomic mass is 9.77. The number of nitrogens with two attached hydrogens (primary N) is 1. The first kappa shape index (κ1) is 17.9. The third-order valence-electron chi connectivity index (χ3n) is 4.10. The molecule has 1 aromatic rings. The topological polar surface area (TPSA) is 73.9 Å². The predicted octanol–water partition coefficient (Wildman–Crippen LogP) is 2.30. The number of aliphatic hydroxyl groups excluding tert-OH is 1. The van der Waals surface area contributed by atoms with Crippen molar-refractivity contribution in [1.82, 2.24) is 0 Å². The Balaban J connectivity index is 0.00000220. The van der Waals surface area contributed by atoms with Crippen LogP contribution in [-0.4, -0.2) is 32.5 Å². The second-order valence-corrected chi connectivity index (χ2v) is 5.16. The standard InChI is InChI=1S/C15H23NO4.ClH/c1-18-11-8-13(20-3)12(19-2)7-10(11)14(16)15(17)9-5-4-6-9;/h7-9,14-15,17H,4-6,16H2,1-3H3;1H/t14-,15+;/m0./s1. The SMILES string of the molecule is COc1cc(OC)c([C@H](N)[C@H](O)C2CCC2)cc1OC.Cl. The monoisotopic (exact) mass is 317 g/mol. The van der Waals surface area contributed by atoms with Crippen molar-refractivity contribution in [1.29, 1.82) is 0 Å². The van der Waals surface area contributed by atoms with Gasteiger partial charge in [-0.1, -0.05) is 6.42 Å². The Kier molecular flexibility index (Phi) is 6.58.